The number of aliphatic imine (C=N–C) groups is 1. The van der Waals surface area contributed by atoms with Gasteiger partial charge in [0.2, 0.25) is 0 Å². The Morgan fingerprint density at radius 3 is 2.33 bits per heavy atom. The molecular formula is C22H26F2IN5. The predicted octanol–water partition coefficient (Wildman–Crippen LogP) is 4.59. The van der Waals surface area contributed by atoms with Gasteiger partial charge in [-0.25, -0.2) is 4.98 Å². The van der Waals surface area contributed by atoms with E-state index in [0.717, 1.165) is 11.0 Å². The predicted molar refractivity (Wildman–Crippen MR) is 126 cm³/mol. The molecule has 0 spiro atoms. The van der Waals surface area contributed by atoms with Gasteiger partial charge in [0.05, 0.1) is 6.54 Å². The highest BCUT2D eigenvalue weighted by atomic mass is 127. The van der Waals surface area contributed by atoms with Crippen molar-refractivity contribution < 1.29 is 8.78 Å². The number of aromatic nitrogens is 2. The second-order valence-corrected chi connectivity index (χ2v) is 6.63. The Kier molecular flexibility index (Phi) is 9.72. The highest BCUT2D eigenvalue weighted by Crippen LogP contribution is 2.20. The summed E-state index contributed by atoms with van der Waals surface area (Å²) >= 11 is 0. The first-order chi connectivity index (χ1) is 14.2. The maximum absolute atomic E-state index is 13.0. The molecule has 0 amide bonds. The van der Waals surface area contributed by atoms with E-state index in [1.807, 2.05) is 36.4 Å². The van der Waals surface area contributed by atoms with E-state index in [9.17, 15) is 8.78 Å². The normalized spacial score (nSPS) is 12.3. The molecule has 0 fully saturated rings. The number of nitrogens with zero attached hydrogens (tertiary/aromatic N) is 3. The number of halogens is 3. The van der Waals surface area contributed by atoms with Crippen LogP contribution in [0.5, 0.6) is 0 Å². The quantitative estimate of drug-likeness (QED) is 0.257. The number of nitrogens with one attached hydrogen (secondary N) is 2. The monoisotopic (exact) mass is 525 g/mol. The molecule has 160 valence electrons. The van der Waals surface area contributed by atoms with E-state index in [4.69, 9.17) is 0 Å². The first-order valence-electron chi connectivity index (χ1n) is 9.50. The van der Waals surface area contributed by atoms with Gasteiger partial charge in [-0.2, -0.15) is 8.78 Å². The highest BCUT2D eigenvalue weighted by Gasteiger charge is 2.14. The minimum Gasteiger partial charge on any atom is -0.356 e. The van der Waals surface area contributed by atoms with Gasteiger partial charge in [-0.1, -0.05) is 60.7 Å². The third-order valence-electron chi connectivity index (χ3n) is 4.71. The summed E-state index contributed by atoms with van der Waals surface area (Å²) in [6.45, 7) is -1.80. The van der Waals surface area contributed by atoms with E-state index in [0.29, 0.717) is 12.5 Å². The Morgan fingerprint density at radius 2 is 1.70 bits per heavy atom. The summed E-state index contributed by atoms with van der Waals surface area (Å²) in [5.74, 6) is 1.04. The third kappa shape index (κ3) is 6.79. The molecule has 3 aromatic rings. The lowest BCUT2D eigenvalue weighted by Gasteiger charge is -2.20. The molecule has 3 rings (SSSR count). The van der Waals surface area contributed by atoms with Crippen LogP contribution in [0.3, 0.4) is 0 Å². The first kappa shape index (κ1) is 23.8. The molecule has 1 atom stereocenters. The molecule has 30 heavy (non-hydrogen) atoms. The molecule has 5 nitrogen and oxygen atoms in total. The van der Waals surface area contributed by atoms with Crippen molar-refractivity contribution in [2.45, 2.75) is 25.4 Å². The lowest BCUT2D eigenvalue weighted by molar-refractivity contribution is 0.0668. The average molecular weight is 525 g/mol. The van der Waals surface area contributed by atoms with Crippen molar-refractivity contribution in [1.29, 1.82) is 0 Å². The summed E-state index contributed by atoms with van der Waals surface area (Å²) in [5.41, 5.74) is 2.48. The Labute approximate surface area is 192 Å². The topological polar surface area (TPSA) is 54.2 Å². The summed E-state index contributed by atoms with van der Waals surface area (Å²) < 4.78 is 26.8. The van der Waals surface area contributed by atoms with Gasteiger partial charge in [-0.05, 0) is 17.5 Å². The van der Waals surface area contributed by atoms with Crippen LogP contribution < -0.4 is 10.6 Å². The van der Waals surface area contributed by atoms with Gasteiger partial charge in [-0.15, -0.1) is 24.0 Å². The first-order valence-corrected chi connectivity index (χ1v) is 9.50. The maximum Gasteiger partial charge on any atom is 0.319 e. The number of hydrogen-bond donors (Lipinski definition) is 2. The lowest BCUT2D eigenvalue weighted by atomic mass is 9.92. The zero-order chi connectivity index (χ0) is 20.5. The molecule has 0 radical (unpaired) electrons. The van der Waals surface area contributed by atoms with Gasteiger partial charge >= 0.3 is 6.55 Å². The van der Waals surface area contributed by atoms with Crippen LogP contribution in [0.15, 0.2) is 78.0 Å². The van der Waals surface area contributed by atoms with Gasteiger partial charge in [0.25, 0.3) is 0 Å². The molecule has 1 heterocycles. The molecule has 2 N–H and O–H groups in total. The number of alkyl halides is 2. The Hall–Kier alpha value is -2.49. The molecule has 1 aromatic heterocycles. The summed E-state index contributed by atoms with van der Waals surface area (Å²) in [6.07, 6.45) is 3.51. The van der Waals surface area contributed by atoms with Crippen LogP contribution in [0.25, 0.3) is 0 Å². The molecule has 8 heteroatoms. The highest BCUT2D eigenvalue weighted by molar-refractivity contribution is 14.0. The second-order valence-electron chi connectivity index (χ2n) is 6.63. The van der Waals surface area contributed by atoms with Crippen molar-refractivity contribution in [3.05, 3.63) is 90.0 Å². The Morgan fingerprint density at radius 1 is 1.03 bits per heavy atom. The fourth-order valence-electron chi connectivity index (χ4n) is 3.19. The van der Waals surface area contributed by atoms with Crippen LogP contribution in [0.2, 0.25) is 0 Å². The number of rotatable bonds is 8. The van der Waals surface area contributed by atoms with Gasteiger partial charge in [0, 0.05) is 31.9 Å². The van der Waals surface area contributed by atoms with Crippen molar-refractivity contribution in [3.8, 4) is 0 Å². The SMILES string of the molecule is CN=C(NCc1nccn1C(F)F)NCC(Cc1ccccc1)c1ccccc1.I. The van der Waals surface area contributed by atoms with Crippen LogP contribution >= 0.6 is 24.0 Å². The van der Waals surface area contributed by atoms with Crippen molar-refractivity contribution in [1.82, 2.24) is 20.2 Å². The average Bonchev–Trinajstić information content (AvgIpc) is 3.23. The van der Waals surface area contributed by atoms with Gasteiger partial charge in [0.15, 0.2) is 5.96 Å². The van der Waals surface area contributed by atoms with Gasteiger partial charge in [-0.3, -0.25) is 9.56 Å². The van der Waals surface area contributed by atoms with E-state index in [-0.39, 0.29) is 42.3 Å². The molecule has 0 saturated heterocycles. The maximum atomic E-state index is 13.0. The van der Waals surface area contributed by atoms with Crippen molar-refractivity contribution in [2.75, 3.05) is 13.6 Å². The van der Waals surface area contributed by atoms with Crippen molar-refractivity contribution in [3.63, 3.8) is 0 Å². The third-order valence-corrected chi connectivity index (χ3v) is 4.71. The number of benzene rings is 2. The van der Waals surface area contributed by atoms with Crippen LogP contribution in [-0.4, -0.2) is 29.1 Å². The fourth-order valence-corrected chi connectivity index (χ4v) is 3.19. The minimum absolute atomic E-state index is 0. The van der Waals surface area contributed by atoms with E-state index >= 15 is 0 Å². The molecule has 2 aromatic carbocycles. The smallest absolute Gasteiger partial charge is 0.319 e. The zero-order valence-electron chi connectivity index (χ0n) is 16.7. The van der Waals surface area contributed by atoms with Crippen molar-refractivity contribution in [2.24, 2.45) is 4.99 Å². The lowest BCUT2D eigenvalue weighted by Crippen LogP contribution is -2.39. The zero-order valence-corrected chi connectivity index (χ0v) is 19.0. The van der Waals surface area contributed by atoms with E-state index in [1.165, 1.54) is 23.5 Å². The summed E-state index contributed by atoms with van der Waals surface area (Å²) in [7, 11) is 1.66. The van der Waals surface area contributed by atoms with E-state index in [2.05, 4.69) is 44.9 Å². The van der Waals surface area contributed by atoms with Crippen LogP contribution in [0.4, 0.5) is 8.78 Å². The molecule has 1 unspecified atom stereocenters. The number of guanidine groups is 1. The molecular weight excluding hydrogens is 499 g/mol. The van der Waals surface area contributed by atoms with Crippen LogP contribution in [-0.2, 0) is 13.0 Å². The van der Waals surface area contributed by atoms with Crippen LogP contribution in [0, 0.1) is 0 Å². The summed E-state index contributed by atoms with van der Waals surface area (Å²) in [5, 5.41) is 6.37. The molecule has 0 saturated carbocycles. The van der Waals surface area contributed by atoms with Gasteiger partial charge in [0.1, 0.15) is 5.82 Å². The molecule has 0 aliphatic heterocycles. The summed E-state index contributed by atoms with van der Waals surface area (Å²) in [6, 6.07) is 20.6. The standard InChI is InChI=1S/C22H25F2N5.HI/c1-25-22(28-16-20-26-12-13-29(20)21(23)24)27-15-19(18-10-6-3-7-11-18)14-17-8-4-2-5-9-17;/h2-13,19,21H,14-16H2,1H3,(H2,25,27,28);1H. The van der Waals surface area contributed by atoms with E-state index in [1.54, 1.807) is 7.05 Å². The fraction of sp³-hybridized carbons (Fsp3) is 0.273. The number of hydrogen-bond acceptors (Lipinski definition) is 2. The minimum atomic E-state index is -2.61. The largest absolute Gasteiger partial charge is 0.356 e. The van der Waals surface area contributed by atoms with Gasteiger partial charge < -0.3 is 10.6 Å². The van der Waals surface area contributed by atoms with E-state index < -0.39 is 6.55 Å². The Bertz CT molecular complexity index is 900. The molecule has 0 aliphatic rings. The summed E-state index contributed by atoms with van der Waals surface area (Å²) in [4.78, 5) is 8.18. The Balaban J connectivity index is 0.00000320. The van der Waals surface area contributed by atoms with Crippen LogP contribution in [0.1, 0.15) is 29.4 Å². The molecule has 0 bridgehead atoms. The second kappa shape index (κ2) is 12.3. The molecule has 0 aliphatic carbocycles. The number of imidazole rings is 1. The van der Waals surface area contributed by atoms with Crippen molar-refractivity contribution >= 4 is 29.9 Å².